The summed E-state index contributed by atoms with van der Waals surface area (Å²) >= 11 is 0. The maximum absolute atomic E-state index is 4.28. The highest BCUT2D eigenvalue weighted by molar-refractivity contribution is 6.02. The zero-order valence-corrected chi connectivity index (χ0v) is 22.9. The summed E-state index contributed by atoms with van der Waals surface area (Å²) in [6.07, 6.45) is 6.06. The van der Waals surface area contributed by atoms with Crippen LogP contribution < -0.4 is 17.0 Å². The number of piperidine rings is 3. The van der Waals surface area contributed by atoms with E-state index in [9.17, 15) is 0 Å². The summed E-state index contributed by atoms with van der Waals surface area (Å²) in [7, 11) is 0. The van der Waals surface area contributed by atoms with Gasteiger partial charge in [-0.1, -0.05) is 97.1 Å². The molecule has 0 aliphatic carbocycles. The maximum atomic E-state index is 4.28. The van der Waals surface area contributed by atoms with Crippen LogP contribution in [0.25, 0.3) is 32.3 Å². The van der Waals surface area contributed by atoms with Crippen LogP contribution in [-0.2, 0) is 13.0 Å². The first-order valence-corrected chi connectivity index (χ1v) is 13.6. The van der Waals surface area contributed by atoms with Crippen LogP contribution in [0.2, 0.25) is 0 Å². The summed E-state index contributed by atoms with van der Waals surface area (Å²) in [4.78, 5) is 0. The molecule has 2 bridgehead atoms. The van der Waals surface area contributed by atoms with Crippen molar-refractivity contribution in [2.45, 2.75) is 31.8 Å². The minimum absolute atomic E-state index is 0. The number of benzene rings is 5. The third-order valence-electron chi connectivity index (χ3n) is 9.47. The fraction of sp³-hybridized carbons (Fsp3) is 0.257. The van der Waals surface area contributed by atoms with Crippen LogP contribution >= 0.6 is 0 Å². The minimum Gasteiger partial charge on any atom is -1.00 e. The molecule has 3 fully saturated rings. The molecule has 0 aromatic heterocycles. The quantitative estimate of drug-likeness (QED) is 0.159. The van der Waals surface area contributed by atoms with Crippen molar-refractivity contribution in [2.24, 2.45) is 11.8 Å². The first-order chi connectivity index (χ1) is 17.7. The van der Waals surface area contributed by atoms with Crippen LogP contribution in [0.3, 0.4) is 0 Å². The van der Waals surface area contributed by atoms with Gasteiger partial charge in [-0.05, 0) is 49.9 Å². The molecule has 3 heterocycles. The standard InChI is InChI=1S/C35H34N.BrH/c1-2-25-23-36(24-35-33-16-7-4-11-28(33)20-29-12-5-8-17-34(29)35)19-18-27(25)21-31(36)22-30-14-9-13-26-10-3-6-15-32(26)30;/h2-17,20,25,27,31H,1,18-19,21-24H2;1H/q+1;/p-1. The lowest BCUT2D eigenvalue weighted by Crippen LogP contribution is -3.00. The average Bonchev–Trinajstić information content (AvgIpc) is 2.93. The molecule has 0 amide bonds. The molecule has 0 radical (unpaired) electrons. The molecule has 2 heteroatoms. The van der Waals surface area contributed by atoms with Crippen LogP contribution in [0.1, 0.15) is 24.0 Å². The third-order valence-corrected chi connectivity index (χ3v) is 9.47. The van der Waals surface area contributed by atoms with Crippen molar-refractivity contribution in [3.8, 4) is 0 Å². The van der Waals surface area contributed by atoms with Gasteiger partial charge in [0.2, 0.25) is 0 Å². The van der Waals surface area contributed by atoms with Gasteiger partial charge >= 0.3 is 0 Å². The zero-order valence-electron chi connectivity index (χ0n) is 21.3. The Bertz CT molecular complexity index is 1540. The third kappa shape index (κ3) is 4.11. The van der Waals surface area contributed by atoms with E-state index in [1.807, 2.05) is 0 Å². The number of hydrogen-bond donors (Lipinski definition) is 0. The molecule has 4 unspecified atom stereocenters. The first-order valence-electron chi connectivity index (χ1n) is 13.6. The van der Waals surface area contributed by atoms with E-state index in [4.69, 9.17) is 0 Å². The topological polar surface area (TPSA) is 0 Å². The largest absolute Gasteiger partial charge is 1.00 e. The number of fused-ring (bicyclic) bond motifs is 6. The Balaban J connectivity index is 0.00000252. The van der Waals surface area contributed by atoms with E-state index in [1.165, 1.54) is 73.9 Å². The first kappa shape index (κ1) is 24.4. The van der Waals surface area contributed by atoms with Gasteiger partial charge in [0, 0.05) is 30.7 Å². The highest BCUT2D eigenvalue weighted by Gasteiger charge is 2.51. The minimum atomic E-state index is 0. The molecule has 1 nitrogen and oxygen atoms in total. The normalized spacial score (nSPS) is 24.8. The lowest BCUT2D eigenvalue weighted by molar-refractivity contribution is -0.980. The fourth-order valence-corrected chi connectivity index (χ4v) is 7.63. The monoisotopic (exact) mass is 547 g/mol. The second-order valence-electron chi connectivity index (χ2n) is 11.3. The van der Waals surface area contributed by atoms with Gasteiger partial charge in [0.1, 0.15) is 6.54 Å². The van der Waals surface area contributed by atoms with Crippen LogP contribution in [0.15, 0.2) is 110 Å². The number of rotatable bonds is 5. The highest BCUT2D eigenvalue weighted by Crippen LogP contribution is 2.46. The molecule has 186 valence electrons. The molecule has 8 rings (SSSR count). The van der Waals surface area contributed by atoms with Gasteiger partial charge in [0.25, 0.3) is 0 Å². The summed E-state index contributed by atoms with van der Waals surface area (Å²) in [5.74, 6) is 1.41. The Kier molecular flexibility index (Phi) is 6.42. The van der Waals surface area contributed by atoms with Crippen molar-refractivity contribution in [2.75, 3.05) is 13.1 Å². The van der Waals surface area contributed by atoms with E-state index in [2.05, 4.69) is 110 Å². The van der Waals surface area contributed by atoms with Crippen molar-refractivity contribution in [3.05, 3.63) is 121 Å². The Morgan fingerprint density at radius 3 is 2.08 bits per heavy atom. The maximum Gasteiger partial charge on any atom is 0.106 e. The molecule has 3 aliphatic rings. The smallest absolute Gasteiger partial charge is 0.106 e. The lowest BCUT2D eigenvalue weighted by Gasteiger charge is -2.57. The molecule has 5 aromatic carbocycles. The van der Waals surface area contributed by atoms with Crippen LogP contribution in [-0.4, -0.2) is 23.6 Å². The van der Waals surface area contributed by atoms with Crippen molar-refractivity contribution in [1.29, 1.82) is 0 Å². The van der Waals surface area contributed by atoms with E-state index in [0.717, 1.165) is 18.9 Å². The van der Waals surface area contributed by atoms with Gasteiger partial charge in [-0.25, -0.2) is 0 Å². The Hall–Kier alpha value is -2.94. The Morgan fingerprint density at radius 1 is 0.757 bits per heavy atom. The molecule has 0 N–H and O–H groups in total. The number of halogens is 1. The molecule has 0 saturated carbocycles. The van der Waals surface area contributed by atoms with Crippen LogP contribution in [0, 0.1) is 11.8 Å². The second-order valence-corrected chi connectivity index (χ2v) is 11.3. The average molecular weight is 549 g/mol. The van der Waals surface area contributed by atoms with Crippen LogP contribution in [0.4, 0.5) is 0 Å². The van der Waals surface area contributed by atoms with Crippen molar-refractivity contribution in [1.82, 2.24) is 0 Å². The zero-order chi connectivity index (χ0) is 24.1. The number of hydrogen-bond acceptors (Lipinski definition) is 0. The SMILES string of the molecule is C=CC1C[N+]2(Cc3c4ccccc4cc4ccccc34)CCC1CC2Cc1cccc2ccccc12.[Br-]. The molecule has 3 aliphatic heterocycles. The number of nitrogens with zero attached hydrogens (tertiary/aromatic N) is 1. The molecular formula is C35H34BrN. The summed E-state index contributed by atoms with van der Waals surface area (Å²) in [6.45, 7) is 7.89. The van der Waals surface area contributed by atoms with Gasteiger partial charge in [0.15, 0.2) is 0 Å². The van der Waals surface area contributed by atoms with E-state index >= 15 is 0 Å². The van der Waals surface area contributed by atoms with E-state index in [0.29, 0.717) is 12.0 Å². The van der Waals surface area contributed by atoms with E-state index < -0.39 is 0 Å². The van der Waals surface area contributed by atoms with Crippen LogP contribution in [0.5, 0.6) is 0 Å². The molecule has 5 aromatic rings. The number of quaternary nitrogens is 1. The van der Waals surface area contributed by atoms with E-state index in [-0.39, 0.29) is 17.0 Å². The summed E-state index contributed by atoms with van der Waals surface area (Å²) in [5, 5.41) is 8.37. The second kappa shape index (κ2) is 9.74. The molecule has 3 saturated heterocycles. The van der Waals surface area contributed by atoms with Gasteiger partial charge in [0.05, 0.1) is 19.1 Å². The lowest BCUT2D eigenvalue weighted by atomic mass is 9.71. The van der Waals surface area contributed by atoms with Gasteiger partial charge < -0.3 is 21.5 Å². The molecule has 37 heavy (non-hydrogen) atoms. The van der Waals surface area contributed by atoms with Crippen molar-refractivity contribution < 1.29 is 21.5 Å². The molecule has 0 spiro atoms. The van der Waals surface area contributed by atoms with Gasteiger partial charge in [-0.15, -0.1) is 6.58 Å². The van der Waals surface area contributed by atoms with Crippen molar-refractivity contribution in [3.63, 3.8) is 0 Å². The predicted octanol–water partition coefficient (Wildman–Crippen LogP) is 5.30. The Morgan fingerprint density at radius 2 is 1.38 bits per heavy atom. The summed E-state index contributed by atoms with van der Waals surface area (Å²) in [6, 6.07) is 36.9. The van der Waals surface area contributed by atoms with Gasteiger partial charge in [-0.3, -0.25) is 0 Å². The Labute approximate surface area is 230 Å². The molecular weight excluding hydrogens is 514 g/mol. The molecule has 4 atom stereocenters. The van der Waals surface area contributed by atoms with E-state index in [1.54, 1.807) is 0 Å². The summed E-state index contributed by atoms with van der Waals surface area (Å²) in [5.41, 5.74) is 3.05. The van der Waals surface area contributed by atoms with Crippen molar-refractivity contribution >= 4 is 32.3 Å². The van der Waals surface area contributed by atoms with Gasteiger partial charge in [-0.2, -0.15) is 0 Å². The summed E-state index contributed by atoms with van der Waals surface area (Å²) < 4.78 is 1.19. The highest BCUT2D eigenvalue weighted by atomic mass is 79.9. The predicted molar refractivity (Wildman–Crippen MR) is 153 cm³/mol. The fourth-order valence-electron chi connectivity index (χ4n) is 7.63.